The fraction of sp³-hybridized carbons (Fsp3) is 0.333. The van der Waals surface area contributed by atoms with Gasteiger partial charge in [-0.1, -0.05) is 17.7 Å². The first-order valence-electron chi connectivity index (χ1n) is 4.08. The van der Waals surface area contributed by atoms with E-state index < -0.39 is 15.2 Å². The van der Waals surface area contributed by atoms with E-state index in [1.807, 2.05) is 26.0 Å². The standard InChI is InChI=1S/C9H12ClNO2S/c1-7-3-4-9(8(2)5-7)11-14(12,13)6-10/h3-5,11H,6H2,1-2H3. The van der Waals surface area contributed by atoms with E-state index in [4.69, 9.17) is 11.6 Å². The Morgan fingerprint density at radius 2 is 2.00 bits per heavy atom. The van der Waals surface area contributed by atoms with Crippen LogP contribution >= 0.6 is 11.6 Å². The summed E-state index contributed by atoms with van der Waals surface area (Å²) < 4.78 is 24.7. The van der Waals surface area contributed by atoms with Crippen LogP contribution in [0.3, 0.4) is 0 Å². The van der Waals surface area contributed by atoms with E-state index in [1.165, 1.54) is 0 Å². The lowest BCUT2D eigenvalue weighted by Gasteiger charge is -2.08. The third-order valence-corrected chi connectivity index (χ3v) is 3.47. The van der Waals surface area contributed by atoms with Crippen molar-refractivity contribution >= 4 is 27.3 Å². The fourth-order valence-corrected chi connectivity index (χ4v) is 1.91. The minimum absolute atomic E-state index is 0.430. The second-order valence-corrected chi connectivity index (χ2v) is 5.45. The molecule has 0 atom stereocenters. The molecule has 78 valence electrons. The van der Waals surface area contributed by atoms with Gasteiger partial charge in [0, 0.05) is 0 Å². The molecule has 1 aromatic rings. The SMILES string of the molecule is Cc1ccc(NS(=O)(=O)CCl)c(C)c1. The molecule has 14 heavy (non-hydrogen) atoms. The second-order valence-electron chi connectivity index (χ2n) is 3.14. The van der Waals surface area contributed by atoms with Crippen LogP contribution in [0.2, 0.25) is 0 Å². The van der Waals surface area contributed by atoms with Gasteiger partial charge in [0.05, 0.1) is 5.69 Å². The molecular weight excluding hydrogens is 222 g/mol. The summed E-state index contributed by atoms with van der Waals surface area (Å²) in [5.41, 5.74) is 2.56. The van der Waals surface area contributed by atoms with Gasteiger partial charge in [-0.15, -0.1) is 11.6 Å². The Morgan fingerprint density at radius 1 is 1.36 bits per heavy atom. The van der Waals surface area contributed by atoms with Gasteiger partial charge in [-0.2, -0.15) is 0 Å². The highest BCUT2D eigenvalue weighted by Gasteiger charge is 2.09. The molecule has 0 amide bonds. The zero-order chi connectivity index (χ0) is 10.8. The molecule has 1 rings (SSSR count). The number of aryl methyl sites for hydroxylation is 2. The molecule has 1 aromatic carbocycles. The fourth-order valence-electron chi connectivity index (χ4n) is 1.12. The van der Waals surface area contributed by atoms with Gasteiger partial charge in [0.15, 0.2) is 0 Å². The molecule has 0 spiro atoms. The molecular formula is C9H12ClNO2S. The number of nitrogens with one attached hydrogen (secondary N) is 1. The molecule has 0 saturated heterocycles. The topological polar surface area (TPSA) is 46.2 Å². The maximum atomic E-state index is 11.2. The quantitative estimate of drug-likeness (QED) is 0.814. The van der Waals surface area contributed by atoms with Gasteiger partial charge in [0.25, 0.3) is 0 Å². The van der Waals surface area contributed by atoms with Crippen LogP contribution in [0, 0.1) is 13.8 Å². The molecule has 0 aromatic heterocycles. The van der Waals surface area contributed by atoms with Gasteiger partial charge in [0.2, 0.25) is 10.0 Å². The third kappa shape index (κ3) is 2.89. The predicted octanol–water partition coefficient (Wildman–Crippen LogP) is 2.24. The molecule has 0 aliphatic carbocycles. The predicted molar refractivity (Wildman–Crippen MR) is 59.2 cm³/mol. The average molecular weight is 234 g/mol. The van der Waals surface area contributed by atoms with Crippen LogP contribution in [0.5, 0.6) is 0 Å². The monoisotopic (exact) mass is 233 g/mol. The van der Waals surface area contributed by atoms with Crippen LogP contribution in [0.15, 0.2) is 18.2 Å². The average Bonchev–Trinajstić information content (AvgIpc) is 2.10. The van der Waals surface area contributed by atoms with Gasteiger partial charge in [-0.25, -0.2) is 8.42 Å². The van der Waals surface area contributed by atoms with Crippen molar-refractivity contribution in [1.29, 1.82) is 0 Å². The van der Waals surface area contributed by atoms with Gasteiger partial charge in [-0.3, -0.25) is 4.72 Å². The van der Waals surface area contributed by atoms with Crippen molar-refractivity contribution in [2.45, 2.75) is 13.8 Å². The van der Waals surface area contributed by atoms with Crippen molar-refractivity contribution < 1.29 is 8.42 Å². The Labute approximate surface area is 89.1 Å². The van der Waals surface area contributed by atoms with Crippen LogP contribution in [0.1, 0.15) is 11.1 Å². The van der Waals surface area contributed by atoms with E-state index in [-0.39, 0.29) is 0 Å². The van der Waals surface area contributed by atoms with Crippen LogP contribution in [0.4, 0.5) is 5.69 Å². The lowest BCUT2D eigenvalue weighted by molar-refractivity contribution is 0.605. The molecule has 5 heteroatoms. The van der Waals surface area contributed by atoms with E-state index in [2.05, 4.69) is 4.72 Å². The van der Waals surface area contributed by atoms with E-state index in [0.29, 0.717) is 5.69 Å². The summed E-state index contributed by atoms with van der Waals surface area (Å²) in [6, 6.07) is 5.49. The lowest BCUT2D eigenvalue weighted by Crippen LogP contribution is -2.14. The first-order valence-corrected chi connectivity index (χ1v) is 6.27. The number of alkyl halides is 1. The van der Waals surface area contributed by atoms with Crippen molar-refractivity contribution in [3.8, 4) is 0 Å². The Balaban J connectivity index is 2.99. The van der Waals surface area contributed by atoms with Crippen molar-refractivity contribution in [2.24, 2.45) is 0 Å². The maximum Gasteiger partial charge on any atom is 0.246 e. The number of benzene rings is 1. The van der Waals surface area contributed by atoms with Gasteiger partial charge >= 0.3 is 0 Å². The number of sulfonamides is 1. The molecule has 0 radical (unpaired) electrons. The van der Waals surface area contributed by atoms with Crippen LogP contribution in [-0.4, -0.2) is 13.6 Å². The smallest absolute Gasteiger partial charge is 0.246 e. The molecule has 1 N–H and O–H groups in total. The Morgan fingerprint density at radius 3 is 2.50 bits per heavy atom. The van der Waals surface area contributed by atoms with Crippen LogP contribution in [0.25, 0.3) is 0 Å². The summed E-state index contributed by atoms with van der Waals surface area (Å²) in [7, 11) is -3.39. The number of hydrogen-bond acceptors (Lipinski definition) is 2. The molecule has 0 heterocycles. The van der Waals surface area contributed by atoms with Gasteiger partial charge in [-0.05, 0) is 25.5 Å². The first-order chi connectivity index (χ1) is 6.44. The lowest BCUT2D eigenvalue weighted by atomic mass is 10.1. The Hall–Kier alpha value is -0.740. The van der Waals surface area contributed by atoms with Gasteiger partial charge < -0.3 is 0 Å². The van der Waals surface area contributed by atoms with Gasteiger partial charge in [0.1, 0.15) is 5.21 Å². The summed E-state index contributed by atoms with van der Waals surface area (Å²) in [5, 5.41) is -0.430. The number of halogens is 1. The highest BCUT2D eigenvalue weighted by molar-refractivity contribution is 7.93. The van der Waals surface area contributed by atoms with Crippen molar-refractivity contribution in [1.82, 2.24) is 0 Å². The summed E-state index contributed by atoms with van der Waals surface area (Å²) in [6.45, 7) is 3.80. The maximum absolute atomic E-state index is 11.2. The van der Waals surface area contributed by atoms with E-state index >= 15 is 0 Å². The minimum atomic E-state index is -3.39. The molecule has 0 unspecified atom stereocenters. The van der Waals surface area contributed by atoms with E-state index in [9.17, 15) is 8.42 Å². The molecule has 0 aliphatic rings. The largest absolute Gasteiger partial charge is 0.282 e. The summed E-state index contributed by atoms with van der Waals surface area (Å²) >= 11 is 5.28. The molecule has 0 bridgehead atoms. The first kappa shape index (κ1) is 11.3. The van der Waals surface area contributed by atoms with E-state index in [0.717, 1.165) is 11.1 Å². The van der Waals surface area contributed by atoms with Crippen molar-refractivity contribution in [3.05, 3.63) is 29.3 Å². The Kier molecular flexibility index (Phi) is 3.39. The molecule has 0 aliphatic heterocycles. The summed E-state index contributed by atoms with van der Waals surface area (Å²) in [4.78, 5) is 0. The zero-order valence-electron chi connectivity index (χ0n) is 8.04. The van der Waals surface area contributed by atoms with Crippen LogP contribution < -0.4 is 4.72 Å². The minimum Gasteiger partial charge on any atom is -0.282 e. The molecule has 0 saturated carbocycles. The zero-order valence-corrected chi connectivity index (χ0v) is 9.61. The number of rotatable bonds is 3. The van der Waals surface area contributed by atoms with Crippen molar-refractivity contribution in [2.75, 3.05) is 9.93 Å². The molecule has 3 nitrogen and oxygen atoms in total. The molecule has 0 fully saturated rings. The highest BCUT2D eigenvalue weighted by atomic mass is 35.5. The number of hydrogen-bond donors (Lipinski definition) is 1. The summed E-state index contributed by atoms with van der Waals surface area (Å²) in [5.74, 6) is 0. The highest BCUT2D eigenvalue weighted by Crippen LogP contribution is 2.17. The van der Waals surface area contributed by atoms with Crippen molar-refractivity contribution in [3.63, 3.8) is 0 Å². The number of anilines is 1. The third-order valence-electron chi connectivity index (χ3n) is 1.79. The normalized spacial score (nSPS) is 11.4. The second kappa shape index (κ2) is 4.19. The van der Waals surface area contributed by atoms with Crippen LogP contribution in [-0.2, 0) is 10.0 Å². The Bertz CT molecular complexity index is 428. The summed E-state index contributed by atoms with van der Waals surface area (Å²) in [6.07, 6.45) is 0. The van der Waals surface area contributed by atoms with E-state index in [1.54, 1.807) is 6.07 Å².